The second-order valence-electron chi connectivity index (χ2n) is 5.31. The lowest BCUT2D eigenvalue weighted by Gasteiger charge is -2.10. The summed E-state index contributed by atoms with van der Waals surface area (Å²) in [5, 5.41) is 10.4. The van der Waals surface area contributed by atoms with Gasteiger partial charge in [-0.25, -0.2) is 15.0 Å². The number of ether oxygens (including phenoxy) is 1. The molecule has 0 atom stereocenters. The zero-order chi connectivity index (χ0) is 19.8. The molecule has 1 heterocycles. The number of hydrogen-bond donors (Lipinski definition) is 1. The molecule has 0 saturated heterocycles. The molecule has 136 valence electrons. The molecular weight excluding hydrogens is 338 g/mol. The monoisotopic (exact) mass is 359 g/mol. The minimum absolute atomic E-state index is 0.00171. The molecule has 1 aromatic heterocycles. The first-order valence-corrected chi connectivity index (χ1v) is 8.12. The van der Waals surface area contributed by atoms with Crippen molar-refractivity contribution in [2.24, 2.45) is 0 Å². The third-order valence-corrected chi connectivity index (χ3v) is 3.63. The Bertz CT molecular complexity index is 908. The van der Waals surface area contributed by atoms with E-state index >= 15 is 0 Å². The van der Waals surface area contributed by atoms with Crippen LogP contribution in [0, 0.1) is 0 Å². The van der Waals surface area contributed by atoms with Crippen LogP contribution in [-0.4, -0.2) is 27.2 Å². The maximum atomic E-state index is 10.4. The summed E-state index contributed by atoms with van der Waals surface area (Å²) in [6.45, 7) is 15.0. The molecule has 0 spiro atoms. The van der Waals surface area contributed by atoms with E-state index in [2.05, 4.69) is 41.3 Å². The summed E-state index contributed by atoms with van der Waals surface area (Å²) in [6.07, 6.45) is 9.99. The van der Waals surface area contributed by atoms with Crippen molar-refractivity contribution in [2.45, 2.75) is 0 Å². The highest BCUT2D eigenvalue weighted by molar-refractivity contribution is 5.76. The maximum absolute atomic E-state index is 10.4. The lowest BCUT2D eigenvalue weighted by Crippen LogP contribution is -2.04. The van der Waals surface area contributed by atoms with E-state index in [1.165, 1.54) is 13.2 Å². The second kappa shape index (κ2) is 9.10. The van der Waals surface area contributed by atoms with Crippen LogP contribution in [0.15, 0.2) is 81.0 Å². The molecule has 0 aliphatic carbocycles. The van der Waals surface area contributed by atoms with Gasteiger partial charge in [-0.05, 0) is 12.1 Å². The zero-order valence-electron chi connectivity index (χ0n) is 15.2. The van der Waals surface area contributed by atoms with Crippen molar-refractivity contribution < 1.29 is 9.84 Å². The number of aromatic hydroxyl groups is 1. The number of aromatic nitrogens is 3. The van der Waals surface area contributed by atoms with Crippen molar-refractivity contribution in [1.82, 2.24) is 15.0 Å². The fourth-order valence-electron chi connectivity index (χ4n) is 2.30. The first-order chi connectivity index (χ1) is 13.1. The van der Waals surface area contributed by atoms with E-state index in [1.807, 2.05) is 0 Å². The van der Waals surface area contributed by atoms with Crippen LogP contribution in [-0.2, 0) is 0 Å². The van der Waals surface area contributed by atoms with Crippen molar-refractivity contribution in [3.8, 4) is 22.9 Å². The van der Waals surface area contributed by atoms with E-state index in [0.29, 0.717) is 39.9 Å². The molecule has 2 aromatic rings. The minimum Gasteiger partial charge on any atom is -0.507 e. The number of allylic oxidation sites excluding steroid dienone is 8. The SMILES string of the molecule is C=C/C=C(\C=C)c1nc(/C(C=C)=C/C=C)nc(-c2ccc(OC)cc2O)n1. The zero-order valence-corrected chi connectivity index (χ0v) is 15.2. The average molecular weight is 359 g/mol. The van der Waals surface area contributed by atoms with Gasteiger partial charge in [0.15, 0.2) is 17.5 Å². The van der Waals surface area contributed by atoms with Crippen molar-refractivity contribution >= 4 is 11.1 Å². The van der Waals surface area contributed by atoms with Crippen LogP contribution in [0.3, 0.4) is 0 Å². The van der Waals surface area contributed by atoms with Crippen LogP contribution in [0.2, 0.25) is 0 Å². The van der Waals surface area contributed by atoms with Crippen molar-refractivity contribution in [2.75, 3.05) is 7.11 Å². The molecule has 0 bridgehead atoms. The Balaban J connectivity index is 2.77. The lowest BCUT2D eigenvalue weighted by atomic mass is 10.1. The summed E-state index contributed by atoms with van der Waals surface area (Å²) in [5.74, 6) is 1.64. The number of methoxy groups -OCH3 is 1. The first-order valence-electron chi connectivity index (χ1n) is 8.12. The molecule has 27 heavy (non-hydrogen) atoms. The van der Waals surface area contributed by atoms with E-state index in [9.17, 15) is 5.11 Å². The fraction of sp³-hybridized carbons (Fsp3) is 0.0455. The molecule has 2 rings (SSSR count). The van der Waals surface area contributed by atoms with Gasteiger partial charge < -0.3 is 9.84 Å². The molecule has 5 heteroatoms. The van der Waals surface area contributed by atoms with Crippen molar-refractivity contribution in [3.63, 3.8) is 0 Å². The first kappa shape index (κ1) is 19.6. The number of benzene rings is 1. The van der Waals surface area contributed by atoms with Gasteiger partial charge in [0.05, 0.1) is 12.7 Å². The van der Waals surface area contributed by atoms with E-state index in [0.717, 1.165) is 0 Å². The van der Waals surface area contributed by atoms with E-state index in [4.69, 9.17) is 4.74 Å². The smallest absolute Gasteiger partial charge is 0.167 e. The molecule has 0 radical (unpaired) electrons. The lowest BCUT2D eigenvalue weighted by molar-refractivity contribution is 0.408. The molecule has 0 saturated carbocycles. The van der Waals surface area contributed by atoms with Gasteiger partial charge in [-0.3, -0.25) is 0 Å². The number of rotatable bonds is 8. The topological polar surface area (TPSA) is 68.1 Å². The number of nitrogens with zero attached hydrogens (tertiary/aromatic N) is 3. The second-order valence-corrected chi connectivity index (χ2v) is 5.31. The maximum Gasteiger partial charge on any atom is 0.167 e. The minimum atomic E-state index is -0.00171. The number of hydrogen-bond acceptors (Lipinski definition) is 5. The molecule has 0 unspecified atom stereocenters. The Morgan fingerprint density at radius 2 is 1.48 bits per heavy atom. The van der Waals surface area contributed by atoms with Gasteiger partial charge in [0.2, 0.25) is 0 Å². The highest BCUT2D eigenvalue weighted by Gasteiger charge is 2.15. The fourth-order valence-corrected chi connectivity index (χ4v) is 2.30. The number of phenols is 1. The summed E-state index contributed by atoms with van der Waals surface area (Å²) >= 11 is 0. The standard InChI is InChI=1S/C22H21N3O2/c1-6-10-15(8-3)20-23-21(16(9-4)11-7-2)25-22(24-20)18-13-12-17(27-5)14-19(18)26/h6-14,26H,1-4H2,5H3/b15-10+,16-11+. The average Bonchev–Trinajstić information content (AvgIpc) is 2.69. The van der Waals surface area contributed by atoms with Crippen molar-refractivity contribution in [1.29, 1.82) is 0 Å². The predicted molar refractivity (Wildman–Crippen MR) is 110 cm³/mol. The third kappa shape index (κ3) is 4.46. The Kier molecular flexibility index (Phi) is 6.61. The summed E-state index contributed by atoms with van der Waals surface area (Å²) < 4.78 is 5.13. The Hall–Kier alpha value is -3.73. The summed E-state index contributed by atoms with van der Waals surface area (Å²) in [4.78, 5) is 13.5. The Morgan fingerprint density at radius 3 is 1.89 bits per heavy atom. The molecule has 5 nitrogen and oxygen atoms in total. The molecular formula is C22H21N3O2. The van der Waals surface area contributed by atoms with Gasteiger partial charge in [-0.2, -0.15) is 0 Å². The molecule has 0 fully saturated rings. The normalized spacial score (nSPS) is 11.6. The van der Waals surface area contributed by atoms with Gasteiger partial charge in [0, 0.05) is 17.2 Å². The highest BCUT2D eigenvalue weighted by Crippen LogP contribution is 2.31. The largest absolute Gasteiger partial charge is 0.507 e. The van der Waals surface area contributed by atoms with E-state index in [-0.39, 0.29) is 5.75 Å². The molecule has 1 aromatic carbocycles. The third-order valence-electron chi connectivity index (χ3n) is 3.63. The van der Waals surface area contributed by atoms with Gasteiger partial charge in [0.1, 0.15) is 11.5 Å². The van der Waals surface area contributed by atoms with Crippen LogP contribution in [0.1, 0.15) is 11.6 Å². The van der Waals surface area contributed by atoms with Crippen LogP contribution < -0.4 is 4.74 Å². The summed E-state index contributed by atoms with van der Waals surface area (Å²) in [6, 6.07) is 4.91. The summed E-state index contributed by atoms with van der Waals surface area (Å²) in [7, 11) is 1.53. The van der Waals surface area contributed by atoms with Gasteiger partial charge in [-0.15, -0.1) is 0 Å². The molecule has 0 aliphatic rings. The highest BCUT2D eigenvalue weighted by atomic mass is 16.5. The quantitative estimate of drug-likeness (QED) is 0.688. The van der Waals surface area contributed by atoms with Crippen LogP contribution >= 0.6 is 0 Å². The van der Waals surface area contributed by atoms with Crippen LogP contribution in [0.25, 0.3) is 22.5 Å². The van der Waals surface area contributed by atoms with Gasteiger partial charge in [0.25, 0.3) is 0 Å². The van der Waals surface area contributed by atoms with Crippen LogP contribution in [0.5, 0.6) is 11.5 Å². The molecule has 1 N–H and O–H groups in total. The van der Waals surface area contributed by atoms with E-state index < -0.39 is 0 Å². The van der Waals surface area contributed by atoms with Crippen LogP contribution in [0.4, 0.5) is 0 Å². The Labute approximate surface area is 159 Å². The van der Waals surface area contributed by atoms with Gasteiger partial charge in [-0.1, -0.05) is 62.8 Å². The van der Waals surface area contributed by atoms with Crippen molar-refractivity contribution in [3.05, 3.63) is 92.6 Å². The number of phenolic OH excluding ortho intramolecular Hbond substituents is 1. The molecule has 0 aliphatic heterocycles. The summed E-state index contributed by atoms with van der Waals surface area (Å²) in [5.41, 5.74) is 1.79. The molecule has 0 amide bonds. The van der Waals surface area contributed by atoms with Gasteiger partial charge >= 0.3 is 0 Å². The Morgan fingerprint density at radius 1 is 0.926 bits per heavy atom. The predicted octanol–water partition coefficient (Wildman–Crippen LogP) is 4.76. The van der Waals surface area contributed by atoms with E-state index in [1.54, 1.807) is 48.6 Å².